The lowest BCUT2D eigenvalue weighted by atomic mass is 9.95. The fraction of sp³-hybridized carbons (Fsp3) is 0.923. The molecule has 1 amide bonds. The van der Waals surface area contributed by atoms with E-state index < -0.39 is 0 Å². The zero-order chi connectivity index (χ0) is 12.2. The number of hydrogen-bond donors (Lipinski definition) is 1. The fourth-order valence-corrected chi connectivity index (χ4v) is 2.34. The molecule has 1 aliphatic heterocycles. The van der Waals surface area contributed by atoms with Gasteiger partial charge in [0.2, 0.25) is 5.91 Å². The van der Waals surface area contributed by atoms with E-state index in [1.165, 1.54) is 12.8 Å². The van der Waals surface area contributed by atoms with Gasteiger partial charge in [0.05, 0.1) is 0 Å². The maximum absolute atomic E-state index is 12.0. The number of carbonyl (C=O) groups excluding carboxylic acids is 1. The third-order valence-electron chi connectivity index (χ3n) is 3.55. The standard InChI is InChI=1S/C13H25NOS/c1-4-11-5-6-12(15)14(8-7-11)9-13(2,3)10-16/h11,16H,4-10H2,1-3H3. The van der Waals surface area contributed by atoms with Crippen LogP contribution >= 0.6 is 12.6 Å². The first kappa shape index (κ1) is 13.9. The van der Waals surface area contributed by atoms with Crippen molar-refractivity contribution in [3.63, 3.8) is 0 Å². The van der Waals surface area contributed by atoms with Crippen LogP contribution in [-0.2, 0) is 4.79 Å². The summed E-state index contributed by atoms with van der Waals surface area (Å²) < 4.78 is 0. The minimum Gasteiger partial charge on any atom is -0.342 e. The van der Waals surface area contributed by atoms with E-state index in [1.807, 2.05) is 4.90 Å². The highest BCUT2D eigenvalue weighted by atomic mass is 32.1. The largest absolute Gasteiger partial charge is 0.342 e. The topological polar surface area (TPSA) is 20.3 Å². The van der Waals surface area contributed by atoms with Crippen LogP contribution in [0.5, 0.6) is 0 Å². The first-order valence-electron chi connectivity index (χ1n) is 6.37. The van der Waals surface area contributed by atoms with E-state index >= 15 is 0 Å². The Morgan fingerprint density at radius 2 is 2.12 bits per heavy atom. The molecular formula is C13H25NOS. The van der Waals surface area contributed by atoms with Crippen molar-refractivity contribution in [2.24, 2.45) is 11.3 Å². The zero-order valence-electron chi connectivity index (χ0n) is 10.8. The van der Waals surface area contributed by atoms with E-state index in [9.17, 15) is 4.79 Å². The molecule has 0 aromatic heterocycles. The van der Waals surface area contributed by atoms with Gasteiger partial charge in [-0.1, -0.05) is 27.2 Å². The second-order valence-corrected chi connectivity index (χ2v) is 6.06. The van der Waals surface area contributed by atoms with Gasteiger partial charge in [0.1, 0.15) is 0 Å². The van der Waals surface area contributed by atoms with Gasteiger partial charge in [0, 0.05) is 19.5 Å². The molecule has 1 heterocycles. The third-order valence-corrected chi connectivity index (χ3v) is 4.41. The Labute approximate surface area is 105 Å². The Morgan fingerprint density at radius 1 is 1.44 bits per heavy atom. The summed E-state index contributed by atoms with van der Waals surface area (Å²) in [5, 5.41) is 0. The summed E-state index contributed by atoms with van der Waals surface area (Å²) >= 11 is 4.36. The molecule has 0 aliphatic carbocycles. The minimum absolute atomic E-state index is 0.130. The highest BCUT2D eigenvalue weighted by Crippen LogP contribution is 2.25. The molecule has 1 fully saturated rings. The molecule has 0 bridgehead atoms. The highest BCUT2D eigenvalue weighted by molar-refractivity contribution is 7.80. The average molecular weight is 243 g/mol. The van der Waals surface area contributed by atoms with Crippen LogP contribution in [0.25, 0.3) is 0 Å². The normalized spacial score (nSPS) is 23.4. The molecule has 0 aromatic carbocycles. The van der Waals surface area contributed by atoms with Crippen LogP contribution in [0.1, 0.15) is 46.5 Å². The van der Waals surface area contributed by atoms with Crippen molar-refractivity contribution in [1.82, 2.24) is 4.90 Å². The lowest BCUT2D eigenvalue weighted by molar-refractivity contribution is -0.131. The summed E-state index contributed by atoms with van der Waals surface area (Å²) in [4.78, 5) is 14.0. The zero-order valence-corrected chi connectivity index (χ0v) is 11.7. The van der Waals surface area contributed by atoms with Crippen LogP contribution in [0, 0.1) is 11.3 Å². The highest BCUT2D eigenvalue weighted by Gasteiger charge is 2.26. The first-order chi connectivity index (χ1) is 7.48. The van der Waals surface area contributed by atoms with Gasteiger partial charge in [-0.05, 0) is 29.9 Å². The Bertz CT molecular complexity index is 240. The summed E-state index contributed by atoms with van der Waals surface area (Å²) in [6.45, 7) is 8.37. The predicted octanol–water partition coefficient (Wildman–Crippen LogP) is 2.98. The van der Waals surface area contributed by atoms with E-state index in [2.05, 4.69) is 33.4 Å². The van der Waals surface area contributed by atoms with Gasteiger partial charge in [0.15, 0.2) is 0 Å². The fourth-order valence-electron chi connectivity index (χ4n) is 2.24. The lowest BCUT2D eigenvalue weighted by Crippen LogP contribution is -2.39. The number of nitrogens with zero attached hydrogens (tertiary/aromatic N) is 1. The van der Waals surface area contributed by atoms with Gasteiger partial charge in [-0.15, -0.1) is 0 Å². The number of likely N-dealkylation sites (tertiary alicyclic amines) is 1. The maximum atomic E-state index is 12.0. The summed E-state index contributed by atoms with van der Waals surface area (Å²) in [6.07, 6.45) is 4.19. The van der Waals surface area contributed by atoms with Gasteiger partial charge in [0.25, 0.3) is 0 Å². The lowest BCUT2D eigenvalue weighted by Gasteiger charge is -2.31. The van der Waals surface area contributed by atoms with Crippen molar-refractivity contribution in [1.29, 1.82) is 0 Å². The van der Waals surface area contributed by atoms with Crippen LogP contribution in [0.15, 0.2) is 0 Å². The second kappa shape index (κ2) is 5.95. The van der Waals surface area contributed by atoms with Crippen LogP contribution in [0.4, 0.5) is 0 Å². The Balaban J connectivity index is 2.56. The van der Waals surface area contributed by atoms with Crippen molar-refractivity contribution in [3.8, 4) is 0 Å². The number of thiol groups is 1. The molecule has 0 spiro atoms. The van der Waals surface area contributed by atoms with E-state index in [1.54, 1.807) is 0 Å². The molecule has 1 saturated heterocycles. The Morgan fingerprint density at radius 3 is 2.69 bits per heavy atom. The van der Waals surface area contributed by atoms with Gasteiger partial charge in [-0.3, -0.25) is 4.79 Å². The summed E-state index contributed by atoms with van der Waals surface area (Å²) in [6, 6.07) is 0. The monoisotopic (exact) mass is 243 g/mol. The Hall–Kier alpha value is -0.180. The van der Waals surface area contributed by atoms with Crippen molar-refractivity contribution in [2.45, 2.75) is 46.5 Å². The van der Waals surface area contributed by atoms with Crippen molar-refractivity contribution >= 4 is 18.5 Å². The predicted molar refractivity (Wildman–Crippen MR) is 71.8 cm³/mol. The van der Waals surface area contributed by atoms with Crippen LogP contribution < -0.4 is 0 Å². The van der Waals surface area contributed by atoms with E-state index in [0.717, 1.165) is 37.6 Å². The van der Waals surface area contributed by atoms with Gasteiger partial charge in [-0.25, -0.2) is 0 Å². The molecular weight excluding hydrogens is 218 g/mol. The van der Waals surface area contributed by atoms with Gasteiger partial charge in [-0.2, -0.15) is 12.6 Å². The molecule has 0 aromatic rings. The smallest absolute Gasteiger partial charge is 0.222 e. The molecule has 1 rings (SSSR count). The molecule has 1 unspecified atom stereocenters. The van der Waals surface area contributed by atoms with Gasteiger partial charge >= 0.3 is 0 Å². The van der Waals surface area contributed by atoms with Gasteiger partial charge < -0.3 is 4.90 Å². The Kier molecular flexibility index (Phi) is 5.16. The van der Waals surface area contributed by atoms with Crippen LogP contribution in [-0.4, -0.2) is 29.6 Å². The molecule has 3 heteroatoms. The molecule has 1 atom stereocenters. The molecule has 1 aliphatic rings. The number of carbonyl (C=O) groups is 1. The second-order valence-electron chi connectivity index (χ2n) is 5.74. The molecule has 2 nitrogen and oxygen atoms in total. The summed E-state index contributed by atoms with van der Waals surface area (Å²) in [5.74, 6) is 1.91. The molecule has 0 N–H and O–H groups in total. The van der Waals surface area contributed by atoms with E-state index in [-0.39, 0.29) is 5.41 Å². The van der Waals surface area contributed by atoms with Crippen molar-refractivity contribution in [3.05, 3.63) is 0 Å². The average Bonchev–Trinajstić information content (AvgIpc) is 2.42. The van der Waals surface area contributed by atoms with Crippen LogP contribution in [0.2, 0.25) is 0 Å². The molecule has 94 valence electrons. The minimum atomic E-state index is 0.130. The maximum Gasteiger partial charge on any atom is 0.222 e. The third kappa shape index (κ3) is 4.00. The van der Waals surface area contributed by atoms with E-state index in [4.69, 9.17) is 0 Å². The molecule has 16 heavy (non-hydrogen) atoms. The van der Waals surface area contributed by atoms with Crippen LogP contribution in [0.3, 0.4) is 0 Å². The van der Waals surface area contributed by atoms with E-state index in [0.29, 0.717) is 5.91 Å². The number of hydrogen-bond acceptors (Lipinski definition) is 2. The summed E-state index contributed by atoms with van der Waals surface area (Å²) in [7, 11) is 0. The first-order valence-corrected chi connectivity index (χ1v) is 7.00. The van der Waals surface area contributed by atoms with Crippen molar-refractivity contribution < 1.29 is 4.79 Å². The molecule has 0 radical (unpaired) electrons. The summed E-state index contributed by atoms with van der Waals surface area (Å²) in [5.41, 5.74) is 0.130. The SMILES string of the molecule is CCC1CCC(=O)N(CC(C)(C)CS)CC1. The molecule has 0 saturated carbocycles. The number of rotatable bonds is 4. The quantitative estimate of drug-likeness (QED) is 0.753. The number of amides is 1. The van der Waals surface area contributed by atoms with Crippen molar-refractivity contribution in [2.75, 3.05) is 18.8 Å².